The second-order valence-electron chi connectivity index (χ2n) is 7.62. The summed E-state index contributed by atoms with van der Waals surface area (Å²) >= 11 is 0. The van der Waals surface area contributed by atoms with Crippen molar-refractivity contribution in [3.63, 3.8) is 0 Å². The van der Waals surface area contributed by atoms with Crippen LogP contribution in [0.1, 0.15) is 36.9 Å². The molecule has 2 aromatic carbocycles. The van der Waals surface area contributed by atoms with Crippen LogP contribution in [0, 0.1) is 18.7 Å². The topological polar surface area (TPSA) is 75.7 Å². The van der Waals surface area contributed by atoms with Crippen molar-refractivity contribution in [2.75, 3.05) is 20.2 Å². The number of sulfonamides is 1. The number of aryl methyl sites for hydroxylation is 1. The van der Waals surface area contributed by atoms with E-state index in [0.717, 1.165) is 11.1 Å². The average molecular weight is 435 g/mol. The third-order valence-corrected chi connectivity index (χ3v) is 7.35. The molecule has 1 fully saturated rings. The predicted octanol–water partition coefficient (Wildman–Crippen LogP) is 3.42. The maximum absolute atomic E-state index is 13.1. The smallest absolute Gasteiger partial charge is 0.243 e. The molecule has 30 heavy (non-hydrogen) atoms. The van der Waals surface area contributed by atoms with Gasteiger partial charge in [-0.25, -0.2) is 12.8 Å². The molecule has 1 N–H and O–H groups in total. The number of halogens is 1. The van der Waals surface area contributed by atoms with Gasteiger partial charge in [0.1, 0.15) is 11.6 Å². The molecular weight excluding hydrogens is 407 g/mol. The zero-order chi connectivity index (χ0) is 21.9. The van der Waals surface area contributed by atoms with E-state index in [1.165, 1.54) is 29.6 Å². The van der Waals surface area contributed by atoms with Crippen LogP contribution < -0.4 is 10.1 Å². The first-order valence-electron chi connectivity index (χ1n) is 9.93. The second-order valence-corrected chi connectivity index (χ2v) is 9.55. The van der Waals surface area contributed by atoms with Crippen molar-refractivity contribution in [1.29, 1.82) is 0 Å². The van der Waals surface area contributed by atoms with Gasteiger partial charge in [0.2, 0.25) is 15.9 Å². The van der Waals surface area contributed by atoms with Gasteiger partial charge in [-0.1, -0.05) is 12.1 Å². The fraction of sp³-hybridized carbons (Fsp3) is 0.409. The van der Waals surface area contributed by atoms with Crippen LogP contribution in [0.2, 0.25) is 0 Å². The van der Waals surface area contributed by atoms with Crippen LogP contribution in [0.5, 0.6) is 5.75 Å². The number of benzene rings is 2. The molecule has 0 aromatic heterocycles. The standard InChI is InChI=1S/C22H27FN2O4S/c1-15-13-20(10-11-21(15)29-3)30(27,28)25-12-4-5-18(14-25)22(26)24-16(2)17-6-8-19(23)9-7-17/h6-11,13,16,18H,4-5,12,14H2,1-3H3,(H,24,26)/t16-,18-/m1/s1. The van der Waals surface area contributed by atoms with Gasteiger partial charge >= 0.3 is 0 Å². The lowest BCUT2D eigenvalue weighted by molar-refractivity contribution is -0.126. The maximum Gasteiger partial charge on any atom is 0.243 e. The highest BCUT2D eigenvalue weighted by Gasteiger charge is 2.34. The highest BCUT2D eigenvalue weighted by atomic mass is 32.2. The average Bonchev–Trinajstić information content (AvgIpc) is 2.74. The van der Waals surface area contributed by atoms with E-state index in [9.17, 15) is 17.6 Å². The lowest BCUT2D eigenvalue weighted by Gasteiger charge is -2.32. The summed E-state index contributed by atoms with van der Waals surface area (Å²) in [6.45, 7) is 4.13. The van der Waals surface area contributed by atoms with Crippen LogP contribution in [0.15, 0.2) is 47.4 Å². The van der Waals surface area contributed by atoms with Gasteiger partial charge in [0.25, 0.3) is 0 Å². The third kappa shape index (κ3) is 4.82. The molecule has 0 aliphatic carbocycles. The van der Waals surface area contributed by atoms with Crippen molar-refractivity contribution in [3.8, 4) is 5.75 Å². The van der Waals surface area contributed by atoms with Gasteiger partial charge in [0.15, 0.2) is 0 Å². The van der Waals surface area contributed by atoms with Gasteiger partial charge in [0.05, 0.1) is 24.0 Å². The van der Waals surface area contributed by atoms with Crippen LogP contribution in [0.3, 0.4) is 0 Å². The van der Waals surface area contributed by atoms with Crippen molar-refractivity contribution >= 4 is 15.9 Å². The number of piperidine rings is 1. The van der Waals surface area contributed by atoms with E-state index < -0.39 is 15.9 Å². The Morgan fingerprint density at radius 3 is 2.57 bits per heavy atom. The van der Waals surface area contributed by atoms with E-state index in [1.54, 1.807) is 31.2 Å². The minimum atomic E-state index is -3.71. The molecule has 1 heterocycles. The largest absolute Gasteiger partial charge is 0.496 e. The molecule has 1 aliphatic rings. The molecule has 162 valence electrons. The first kappa shape index (κ1) is 22.2. The maximum atomic E-state index is 13.1. The molecule has 2 atom stereocenters. The number of nitrogens with one attached hydrogen (secondary N) is 1. The lowest BCUT2D eigenvalue weighted by atomic mass is 9.98. The Balaban J connectivity index is 1.70. The van der Waals surface area contributed by atoms with Crippen molar-refractivity contribution in [2.45, 2.75) is 37.6 Å². The summed E-state index contributed by atoms with van der Waals surface area (Å²) in [5.74, 6) is -0.341. The molecule has 0 saturated carbocycles. The van der Waals surface area contributed by atoms with E-state index in [0.29, 0.717) is 25.1 Å². The molecule has 0 bridgehead atoms. The fourth-order valence-electron chi connectivity index (χ4n) is 3.70. The normalized spacial score (nSPS) is 18.6. The van der Waals surface area contributed by atoms with E-state index in [2.05, 4.69) is 5.32 Å². The molecule has 2 aromatic rings. The van der Waals surface area contributed by atoms with E-state index in [-0.39, 0.29) is 29.2 Å². The summed E-state index contributed by atoms with van der Waals surface area (Å²) in [6.07, 6.45) is 1.23. The summed E-state index contributed by atoms with van der Waals surface area (Å²) in [7, 11) is -2.17. The summed E-state index contributed by atoms with van der Waals surface area (Å²) in [6, 6.07) is 10.4. The van der Waals surface area contributed by atoms with Crippen LogP contribution in [0.25, 0.3) is 0 Å². The first-order valence-corrected chi connectivity index (χ1v) is 11.4. The number of methoxy groups -OCH3 is 1. The number of amides is 1. The highest BCUT2D eigenvalue weighted by molar-refractivity contribution is 7.89. The van der Waals surface area contributed by atoms with Gasteiger partial charge in [0, 0.05) is 13.1 Å². The number of rotatable bonds is 6. The summed E-state index contributed by atoms with van der Waals surface area (Å²) in [5, 5.41) is 2.92. The number of ether oxygens (including phenoxy) is 1. The van der Waals surface area contributed by atoms with Crippen molar-refractivity contribution in [3.05, 3.63) is 59.4 Å². The lowest BCUT2D eigenvalue weighted by Crippen LogP contribution is -2.45. The highest BCUT2D eigenvalue weighted by Crippen LogP contribution is 2.27. The Bertz CT molecular complexity index is 1010. The Morgan fingerprint density at radius 2 is 1.93 bits per heavy atom. The molecule has 3 rings (SSSR count). The first-order chi connectivity index (χ1) is 14.2. The van der Waals surface area contributed by atoms with Gasteiger partial charge < -0.3 is 10.1 Å². The number of carbonyl (C=O) groups excluding carboxylic acids is 1. The van der Waals surface area contributed by atoms with Crippen molar-refractivity contribution in [1.82, 2.24) is 9.62 Å². The minimum absolute atomic E-state index is 0.134. The number of hydrogen-bond donors (Lipinski definition) is 1. The molecule has 1 amide bonds. The Hall–Kier alpha value is -2.45. The van der Waals surface area contributed by atoms with Crippen LogP contribution in [-0.2, 0) is 14.8 Å². The number of nitrogens with zero attached hydrogens (tertiary/aromatic N) is 1. The minimum Gasteiger partial charge on any atom is -0.496 e. The zero-order valence-corrected chi connectivity index (χ0v) is 18.2. The van der Waals surface area contributed by atoms with Gasteiger partial charge in [-0.15, -0.1) is 0 Å². The van der Waals surface area contributed by atoms with E-state index >= 15 is 0 Å². The van der Waals surface area contributed by atoms with Crippen LogP contribution in [-0.4, -0.2) is 38.8 Å². The molecule has 0 unspecified atom stereocenters. The monoisotopic (exact) mass is 434 g/mol. The molecule has 0 radical (unpaired) electrons. The molecule has 6 nitrogen and oxygen atoms in total. The summed E-state index contributed by atoms with van der Waals surface area (Å²) in [5.41, 5.74) is 1.52. The Kier molecular flexibility index (Phi) is 6.77. The van der Waals surface area contributed by atoms with Crippen LogP contribution in [0.4, 0.5) is 4.39 Å². The van der Waals surface area contributed by atoms with Gasteiger partial charge in [-0.2, -0.15) is 4.31 Å². The molecule has 8 heteroatoms. The van der Waals surface area contributed by atoms with Gasteiger partial charge in [-0.05, 0) is 68.1 Å². The van der Waals surface area contributed by atoms with Gasteiger partial charge in [-0.3, -0.25) is 4.79 Å². The van der Waals surface area contributed by atoms with E-state index in [4.69, 9.17) is 4.74 Å². The molecule has 1 saturated heterocycles. The summed E-state index contributed by atoms with van der Waals surface area (Å²) in [4.78, 5) is 13.0. The van der Waals surface area contributed by atoms with Crippen LogP contribution >= 0.6 is 0 Å². The molecule has 0 spiro atoms. The molecular formula is C22H27FN2O4S. The number of carbonyl (C=O) groups is 1. The summed E-state index contributed by atoms with van der Waals surface area (Å²) < 4.78 is 45.9. The Labute approximate surface area is 177 Å². The predicted molar refractivity (Wildman–Crippen MR) is 112 cm³/mol. The quantitative estimate of drug-likeness (QED) is 0.756. The van der Waals surface area contributed by atoms with E-state index in [1.807, 2.05) is 6.92 Å². The zero-order valence-electron chi connectivity index (χ0n) is 17.4. The number of hydrogen-bond acceptors (Lipinski definition) is 4. The SMILES string of the molecule is COc1ccc(S(=O)(=O)N2CCC[C@@H](C(=O)N[C@H](C)c3ccc(F)cc3)C2)cc1C. The Morgan fingerprint density at radius 1 is 1.23 bits per heavy atom. The fourth-order valence-corrected chi connectivity index (χ4v) is 5.31. The second kappa shape index (κ2) is 9.14. The molecule has 1 aliphatic heterocycles. The third-order valence-electron chi connectivity index (χ3n) is 5.49. The van der Waals surface area contributed by atoms with Crippen molar-refractivity contribution in [2.24, 2.45) is 5.92 Å². The van der Waals surface area contributed by atoms with Crippen molar-refractivity contribution < 1.29 is 22.3 Å².